The molecule has 0 saturated carbocycles. The molecule has 1 aromatic carbocycles. The Bertz CT molecular complexity index is 511. The molecule has 0 aliphatic heterocycles. The molecule has 0 fully saturated rings. The van der Waals surface area contributed by atoms with E-state index >= 15 is 0 Å². The van der Waals surface area contributed by atoms with Crippen LogP contribution in [0.4, 0.5) is 4.39 Å². The first-order valence-electron chi connectivity index (χ1n) is 5.18. The third-order valence-electron chi connectivity index (χ3n) is 2.35. The summed E-state index contributed by atoms with van der Waals surface area (Å²) in [6, 6.07) is 4.08. The van der Waals surface area contributed by atoms with Gasteiger partial charge in [-0.1, -0.05) is 0 Å². The van der Waals surface area contributed by atoms with Gasteiger partial charge in [-0.3, -0.25) is 4.68 Å². The van der Waals surface area contributed by atoms with Gasteiger partial charge < -0.3 is 9.84 Å². The molecule has 0 aliphatic rings. The third kappa shape index (κ3) is 2.82. The number of hydrogen-bond acceptors (Lipinski definition) is 3. The first-order valence-corrected chi connectivity index (χ1v) is 5.18. The van der Waals surface area contributed by atoms with Gasteiger partial charge in [-0.25, -0.2) is 4.39 Å². The number of benzene rings is 1. The van der Waals surface area contributed by atoms with E-state index in [-0.39, 0.29) is 12.4 Å². The molecule has 0 saturated heterocycles. The minimum atomic E-state index is -0.386. The zero-order valence-corrected chi connectivity index (χ0v) is 9.43. The molecule has 0 amide bonds. The Morgan fingerprint density at radius 2 is 2.29 bits per heavy atom. The Kier molecular flexibility index (Phi) is 3.39. The van der Waals surface area contributed by atoms with E-state index in [0.29, 0.717) is 17.9 Å². The van der Waals surface area contributed by atoms with E-state index in [0.717, 1.165) is 5.56 Å². The lowest BCUT2D eigenvalue weighted by molar-refractivity contribution is 0.258. The maximum absolute atomic E-state index is 12.9. The van der Waals surface area contributed by atoms with E-state index in [4.69, 9.17) is 9.84 Å². The van der Waals surface area contributed by atoms with E-state index in [1.807, 2.05) is 13.2 Å². The van der Waals surface area contributed by atoms with E-state index in [1.165, 1.54) is 18.2 Å². The van der Waals surface area contributed by atoms with Crippen LogP contribution in [-0.4, -0.2) is 14.9 Å². The van der Waals surface area contributed by atoms with Gasteiger partial charge in [-0.05, 0) is 18.2 Å². The van der Waals surface area contributed by atoms with E-state index in [9.17, 15) is 4.39 Å². The molecule has 2 rings (SSSR count). The van der Waals surface area contributed by atoms with E-state index < -0.39 is 0 Å². The summed E-state index contributed by atoms with van der Waals surface area (Å²) in [5, 5.41) is 13.1. The predicted molar refractivity (Wildman–Crippen MR) is 59.9 cm³/mol. The zero-order chi connectivity index (χ0) is 12.3. The second kappa shape index (κ2) is 4.97. The molecule has 5 heteroatoms. The Balaban J connectivity index is 2.08. The van der Waals surface area contributed by atoms with Crippen molar-refractivity contribution in [3.8, 4) is 5.75 Å². The lowest BCUT2D eigenvalue weighted by Gasteiger charge is -2.08. The highest BCUT2D eigenvalue weighted by Gasteiger charge is 2.05. The number of ether oxygens (including phenoxy) is 1. The summed E-state index contributed by atoms with van der Waals surface area (Å²) in [4.78, 5) is 0. The fourth-order valence-electron chi connectivity index (χ4n) is 1.52. The molecule has 0 atom stereocenters. The summed E-state index contributed by atoms with van der Waals surface area (Å²) >= 11 is 0. The smallest absolute Gasteiger partial charge is 0.125 e. The number of halogens is 1. The lowest BCUT2D eigenvalue weighted by atomic mass is 10.2. The van der Waals surface area contributed by atoms with Gasteiger partial charge in [0.15, 0.2) is 0 Å². The maximum Gasteiger partial charge on any atom is 0.125 e. The van der Waals surface area contributed by atoms with Crippen LogP contribution < -0.4 is 4.74 Å². The average molecular weight is 236 g/mol. The molecule has 0 aliphatic carbocycles. The van der Waals surface area contributed by atoms with Crippen molar-refractivity contribution in [1.82, 2.24) is 9.78 Å². The van der Waals surface area contributed by atoms with Crippen LogP contribution in [0.5, 0.6) is 5.75 Å². The number of nitrogens with zero attached hydrogens (tertiary/aromatic N) is 2. The minimum Gasteiger partial charge on any atom is -0.488 e. The fourth-order valence-corrected chi connectivity index (χ4v) is 1.52. The van der Waals surface area contributed by atoms with Crippen molar-refractivity contribution in [2.24, 2.45) is 7.05 Å². The normalized spacial score (nSPS) is 10.5. The van der Waals surface area contributed by atoms with Gasteiger partial charge in [0.1, 0.15) is 18.2 Å². The van der Waals surface area contributed by atoms with Gasteiger partial charge in [-0.2, -0.15) is 5.10 Å². The zero-order valence-electron chi connectivity index (χ0n) is 9.43. The Morgan fingerprint density at radius 3 is 2.94 bits per heavy atom. The van der Waals surface area contributed by atoms with Crippen LogP contribution in [0.15, 0.2) is 30.6 Å². The predicted octanol–water partition coefficient (Wildman–Crippen LogP) is 1.63. The summed E-state index contributed by atoms with van der Waals surface area (Å²) in [6.45, 7) is 0.0899. The number of aromatic nitrogens is 2. The first-order chi connectivity index (χ1) is 8.19. The molecule has 1 N–H and O–H groups in total. The number of aliphatic hydroxyl groups is 1. The Labute approximate surface area is 98.3 Å². The van der Waals surface area contributed by atoms with Gasteiger partial charge in [-0.15, -0.1) is 0 Å². The molecule has 0 radical (unpaired) electrons. The van der Waals surface area contributed by atoms with Crippen molar-refractivity contribution < 1.29 is 14.2 Å². The van der Waals surface area contributed by atoms with E-state index in [1.54, 1.807) is 10.9 Å². The van der Waals surface area contributed by atoms with Gasteiger partial charge >= 0.3 is 0 Å². The molecule has 2 aromatic rings. The molecule has 0 spiro atoms. The summed E-state index contributed by atoms with van der Waals surface area (Å²) in [7, 11) is 1.82. The Morgan fingerprint density at radius 1 is 1.47 bits per heavy atom. The summed E-state index contributed by atoms with van der Waals surface area (Å²) in [6.07, 6.45) is 3.53. The molecular weight excluding hydrogens is 223 g/mol. The molecule has 1 aromatic heterocycles. The molecule has 4 nitrogen and oxygen atoms in total. The summed E-state index contributed by atoms with van der Waals surface area (Å²) < 4.78 is 20.1. The van der Waals surface area contributed by atoms with Crippen LogP contribution in [0, 0.1) is 5.82 Å². The van der Waals surface area contributed by atoms with Gasteiger partial charge in [0.2, 0.25) is 0 Å². The van der Waals surface area contributed by atoms with Crippen LogP contribution >= 0.6 is 0 Å². The molecule has 17 heavy (non-hydrogen) atoms. The Hall–Kier alpha value is -1.88. The van der Waals surface area contributed by atoms with Crippen molar-refractivity contribution in [3.05, 3.63) is 47.5 Å². The number of aryl methyl sites for hydroxylation is 1. The number of rotatable bonds is 4. The third-order valence-corrected chi connectivity index (χ3v) is 2.35. The second-order valence-corrected chi connectivity index (χ2v) is 3.72. The second-order valence-electron chi connectivity index (χ2n) is 3.72. The van der Waals surface area contributed by atoms with Crippen molar-refractivity contribution in [2.45, 2.75) is 13.2 Å². The van der Waals surface area contributed by atoms with Crippen LogP contribution in [0.2, 0.25) is 0 Å². The highest BCUT2D eigenvalue weighted by molar-refractivity contribution is 5.33. The van der Waals surface area contributed by atoms with Crippen molar-refractivity contribution >= 4 is 0 Å². The largest absolute Gasteiger partial charge is 0.488 e. The van der Waals surface area contributed by atoms with Crippen LogP contribution in [0.1, 0.15) is 11.1 Å². The molecular formula is C12H13FN2O2. The molecule has 1 heterocycles. The SMILES string of the molecule is Cn1cc(COc2ccc(F)cc2CO)cn1. The first kappa shape index (κ1) is 11.6. The topological polar surface area (TPSA) is 47.3 Å². The van der Waals surface area contributed by atoms with Crippen molar-refractivity contribution in [3.63, 3.8) is 0 Å². The van der Waals surface area contributed by atoms with E-state index in [2.05, 4.69) is 5.10 Å². The van der Waals surface area contributed by atoms with Gasteiger partial charge in [0.25, 0.3) is 0 Å². The molecule has 90 valence electrons. The standard InChI is InChI=1S/C12H13FN2O2/c1-15-6-9(5-14-15)8-17-12-3-2-11(13)4-10(12)7-16/h2-6,16H,7-8H2,1H3. The molecule has 0 unspecified atom stereocenters. The van der Waals surface area contributed by atoms with Crippen molar-refractivity contribution in [1.29, 1.82) is 0 Å². The quantitative estimate of drug-likeness (QED) is 0.877. The average Bonchev–Trinajstić information content (AvgIpc) is 2.73. The van der Waals surface area contributed by atoms with Crippen LogP contribution in [0.25, 0.3) is 0 Å². The maximum atomic E-state index is 12.9. The summed E-state index contributed by atoms with van der Waals surface area (Å²) in [5.74, 6) is 0.0977. The molecule has 0 bridgehead atoms. The number of aliphatic hydroxyl groups excluding tert-OH is 1. The van der Waals surface area contributed by atoms with Gasteiger partial charge in [0.05, 0.1) is 12.8 Å². The summed E-state index contributed by atoms with van der Waals surface area (Å²) in [5.41, 5.74) is 1.36. The lowest BCUT2D eigenvalue weighted by Crippen LogP contribution is -1.98. The van der Waals surface area contributed by atoms with Crippen molar-refractivity contribution in [2.75, 3.05) is 0 Å². The van der Waals surface area contributed by atoms with Crippen LogP contribution in [-0.2, 0) is 20.3 Å². The van der Waals surface area contributed by atoms with Crippen LogP contribution in [0.3, 0.4) is 0 Å². The number of hydrogen-bond donors (Lipinski definition) is 1. The fraction of sp³-hybridized carbons (Fsp3) is 0.250. The van der Waals surface area contributed by atoms with Gasteiger partial charge in [0, 0.05) is 24.4 Å². The minimum absolute atomic E-state index is 0.250. The monoisotopic (exact) mass is 236 g/mol. The highest BCUT2D eigenvalue weighted by Crippen LogP contribution is 2.20. The highest BCUT2D eigenvalue weighted by atomic mass is 19.1.